The Labute approximate surface area is 129 Å². The van der Waals surface area contributed by atoms with Crippen LogP contribution in [0.2, 0.25) is 0 Å². The third-order valence-electron chi connectivity index (χ3n) is 4.33. The molecule has 4 heteroatoms. The topological polar surface area (TPSA) is 38.2 Å². The highest BCUT2D eigenvalue weighted by molar-refractivity contribution is 5.98. The van der Waals surface area contributed by atoms with E-state index in [4.69, 9.17) is 14.7 Å². The number of rotatable bonds is 2. The normalized spacial score (nSPS) is 14.9. The van der Waals surface area contributed by atoms with E-state index in [0.29, 0.717) is 0 Å². The van der Waals surface area contributed by atoms with Gasteiger partial charge in [0.15, 0.2) is 0 Å². The quantitative estimate of drug-likeness (QED) is 0.675. The molecule has 0 N–H and O–H groups in total. The molecule has 4 rings (SSSR count). The van der Waals surface area contributed by atoms with Crippen molar-refractivity contribution in [3.05, 3.63) is 36.0 Å². The van der Waals surface area contributed by atoms with E-state index in [1.165, 1.54) is 12.8 Å². The Balaban J connectivity index is 1.98. The van der Waals surface area contributed by atoms with Gasteiger partial charge in [0, 0.05) is 35.6 Å². The van der Waals surface area contributed by atoms with Gasteiger partial charge in [-0.25, -0.2) is 9.97 Å². The number of benzene rings is 1. The zero-order valence-corrected chi connectivity index (χ0v) is 13.0. The van der Waals surface area contributed by atoms with Crippen molar-refractivity contribution in [3.63, 3.8) is 0 Å². The number of hydrogen-bond acceptors (Lipinski definition) is 4. The number of nitrogens with zero attached hydrogens (tertiary/aromatic N) is 3. The maximum atomic E-state index is 5.30. The summed E-state index contributed by atoms with van der Waals surface area (Å²) in [6, 6.07) is 10.3. The van der Waals surface area contributed by atoms with Gasteiger partial charge in [0.1, 0.15) is 11.6 Å². The molecule has 0 spiro atoms. The van der Waals surface area contributed by atoms with Crippen LogP contribution in [0, 0.1) is 6.92 Å². The van der Waals surface area contributed by atoms with E-state index < -0.39 is 0 Å². The molecule has 3 heterocycles. The lowest BCUT2D eigenvalue weighted by Gasteiger charge is -2.19. The fraction of sp³-hybridized carbons (Fsp3) is 0.333. The zero-order valence-electron chi connectivity index (χ0n) is 13.0. The average Bonchev–Trinajstić information content (AvgIpc) is 3.06. The van der Waals surface area contributed by atoms with E-state index in [0.717, 1.165) is 52.2 Å². The maximum absolute atomic E-state index is 5.30. The third kappa shape index (κ3) is 2.15. The van der Waals surface area contributed by atoms with Crippen LogP contribution in [0.15, 0.2) is 30.3 Å². The van der Waals surface area contributed by atoms with Crippen molar-refractivity contribution in [1.82, 2.24) is 9.97 Å². The summed E-state index contributed by atoms with van der Waals surface area (Å²) in [5.41, 5.74) is 2.99. The van der Waals surface area contributed by atoms with Crippen LogP contribution in [-0.4, -0.2) is 30.2 Å². The number of ether oxygens (including phenoxy) is 1. The molecule has 1 saturated heterocycles. The maximum Gasteiger partial charge on any atom is 0.138 e. The average molecular weight is 293 g/mol. The van der Waals surface area contributed by atoms with Gasteiger partial charge < -0.3 is 9.64 Å². The number of anilines is 1. The predicted molar refractivity (Wildman–Crippen MR) is 89.8 cm³/mol. The van der Waals surface area contributed by atoms with Gasteiger partial charge in [-0.3, -0.25) is 0 Å². The van der Waals surface area contributed by atoms with Crippen molar-refractivity contribution >= 4 is 27.6 Å². The van der Waals surface area contributed by atoms with Gasteiger partial charge in [-0.05, 0) is 44.0 Å². The van der Waals surface area contributed by atoms with Crippen molar-refractivity contribution in [2.24, 2.45) is 0 Å². The summed E-state index contributed by atoms with van der Waals surface area (Å²) in [4.78, 5) is 12.0. The summed E-state index contributed by atoms with van der Waals surface area (Å²) in [6.07, 6.45) is 2.49. The molecular formula is C18H19N3O. The summed E-state index contributed by atoms with van der Waals surface area (Å²) >= 11 is 0. The van der Waals surface area contributed by atoms with Gasteiger partial charge in [0.2, 0.25) is 0 Å². The molecule has 0 amide bonds. The van der Waals surface area contributed by atoms with Gasteiger partial charge in [0.05, 0.1) is 18.1 Å². The lowest BCUT2D eigenvalue weighted by Crippen LogP contribution is -2.19. The molecule has 0 saturated carbocycles. The fourth-order valence-corrected chi connectivity index (χ4v) is 3.21. The van der Waals surface area contributed by atoms with Crippen LogP contribution >= 0.6 is 0 Å². The van der Waals surface area contributed by atoms with Gasteiger partial charge in [0.25, 0.3) is 0 Å². The Morgan fingerprint density at radius 3 is 2.59 bits per heavy atom. The molecule has 0 radical (unpaired) electrons. The summed E-state index contributed by atoms with van der Waals surface area (Å²) in [5, 5.41) is 2.27. The van der Waals surface area contributed by atoms with Crippen LogP contribution < -0.4 is 9.64 Å². The molecule has 112 valence electrons. The monoisotopic (exact) mass is 293 g/mol. The lowest BCUT2D eigenvalue weighted by molar-refractivity contribution is 0.415. The van der Waals surface area contributed by atoms with Crippen molar-refractivity contribution in [2.75, 3.05) is 25.1 Å². The molecule has 2 aromatic heterocycles. The third-order valence-corrected chi connectivity index (χ3v) is 4.33. The van der Waals surface area contributed by atoms with E-state index >= 15 is 0 Å². The Kier molecular flexibility index (Phi) is 3.10. The first kappa shape index (κ1) is 13.3. The number of aryl methyl sites for hydroxylation is 1. The Bertz CT molecular complexity index is 854. The number of methoxy groups -OCH3 is 1. The molecule has 22 heavy (non-hydrogen) atoms. The highest BCUT2D eigenvalue weighted by atomic mass is 16.5. The number of aromatic nitrogens is 2. The van der Waals surface area contributed by atoms with Gasteiger partial charge >= 0.3 is 0 Å². The van der Waals surface area contributed by atoms with Gasteiger partial charge in [-0.15, -0.1) is 0 Å². The Morgan fingerprint density at radius 2 is 1.82 bits per heavy atom. The van der Waals surface area contributed by atoms with E-state index in [1.54, 1.807) is 7.11 Å². The second kappa shape index (κ2) is 5.13. The van der Waals surface area contributed by atoms with E-state index in [9.17, 15) is 0 Å². The molecule has 0 unspecified atom stereocenters. The number of fused-ring (bicyclic) bond motifs is 2. The first-order valence-electron chi connectivity index (χ1n) is 7.76. The summed E-state index contributed by atoms with van der Waals surface area (Å²) < 4.78 is 5.30. The van der Waals surface area contributed by atoms with E-state index in [-0.39, 0.29) is 0 Å². The molecule has 1 fully saturated rings. The second-order valence-electron chi connectivity index (χ2n) is 5.90. The highest BCUT2D eigenvalue weighted by Gasteiger charge is 2.17. The predicted octanol–water partition coefficient (Wildman–Crippen LogP) is 3.70. The Hall–Kier alpha value is -2.36. The first-order chi connectivity index (χ1) is 10.7. The SMILES string of the molecule is COc1ccc2cc3c(N4CCCC4)nc(C)cc3nc2c1. The van der Waals surface area contributed by atoms with E-state index in [2.05, 4.69) is 23.1 Å². The van der Waals surface area contributed by atoms with Crippen molar-refractivity contribution < 1.29 is 4.74 Å². The molecule has 4 nitrogen and oxygen atoms in total. The number of hydrogen-bond donors (Lipinski definition) is 0. The zero-order chi connectivity index (χ0) is 15.1. The minimum atomic E-state index is 0.838. The smallest absolute Gasteiger partial charge is 0.138 e. The minimum absolute atomic E-state index is 0.838. The van der Waals surface area contributed by atoms with Crippen LogP contribution in [0.25, 0.3) is 21.8 Å². The lowest BCUT2D eigenvalue weighted by atomic mass is 10.1. The van der Waals surface area contributed by atoms with E-state index in [1.807, 2.05) is 19.1 Å². The van der Waals surface area contributed by atoms with Crippen LogP contribution in [0.4, 0.5) is 5.82 Å². The molecule has 0 bridgehead atoms. The molecule has 1 aromatic carbocycles. The number of pyridine rings is 2. The molecule has 0 aliphatic carbocycles. The second-order valence-corrected chi connectivity index (χ2v) is 5.90. The van der Waals surface area contributed by atoms with Crippen LogP contribution in [-0.2, 0) is 0 Å². The van der Waals surface area contributed by atoms with Crippen LogP contribution in [0.3, 0.4) is 0 Å². The highest BCUT2D eigenvalue weighted by Crippen LogP contribution is 2.31. The van der Waals surface area contributed by atoms with Crippen molar-refractivity contribution in [1.29, 1.82) is 0 Å². The van der Waals surface area contributed by atoms with Crippen LogP contribution in [0.1, 0.15) is 18.5 Å². The first-order valence-corrected chi connectivity index (χ1v) is 7.76. The molecule has 0 atom stereocenters. The van der Waals surface area contributed by atoms with Gasteiger partial charge in [-0.1, -0.05) is 0 Å². The standard InChI is InChI=1S/C18H19N3O/c1-12-9-17-15(18(19-12)21-7-3-4-8-21)10-13-5-6-14(22-2)11-16(13)20-17/h5-6,9-11H,3-4,7-8H2,1-2H3. The largest absolute Gasteiger partial charge is 0.497 e. The van der Waals surface area contributed by atoms with Crippen molar-refractivity contribution in [2.45, 2.75) is 19.8 Å². The minimum Gasteiger partial charge on any atom is -0.497 e. The Morgan fingerprint density at radius 1 is 1.00 bits per heavy atom. The summed E-state index contributed by atoms with van der Waals surface area (Å²) in [5.74, 6) is 1.92. The molecule has 1 aliphatic heterocycles. The summed E-state index contributed by atoms with van der Waals surface area (Å²) in [6.45, 7) is 4.22. The van der Waals surface area contributed by atoms with Gasteiger partial charge in [-0.2, -0.15) is 0 Å². The summed E-state index contributed by atoms with van der Waals surface area (Å²) in [7, 11) is 1.68. The fourth-order valence-electron chi connectivity index (χ4n) is 3.21. The van der Waals surface area contributed by atoms with Crippen molar-refractivity contribution in [3.8, 4) is 5.75 Å². The molecule has 3 aromatic rings. The van der Waals surface area contributed by atoms with Crippen LogP contribution in [0.5, 0.6) is 5.75 Å². The molecular weight excluding hydrogens is 274 g/mol. The molecule has 1 aliphatic rings.